The third-order valence-electron chi connectivity index (χ3n) is 10.8. The lowest BCUT2D eigenvalue weighted by Gasteiger charge is -2.13. The van der Waals surface area contributed by atoms with Gasteiger partial charge in [0.05, 0.1) is 26.2 Å². The van der Waals surface area contributed by atoms with Gasteiger partial charge in [0.1, 0.15) is 0 Å². The Hall–Kier alpha value is -9.78. The Morgan fingerprint density at radius 1 is 0.287 bits per heavy atom. The van der Waals surface area contributed by atoms with Crippen molar-refractivity contribution in [1.29, 1.82) is 0 Å². The van der Waals surface area contributed by atoms with Gasteiger partial charge in [-0.3, -0.25) is 44.9 Å². The molecule has 6 aromatic rings. The Morgan fingerprint density at radius 3 is 0.920 bits per heavy atom. The molecule has 0 amide bonds. The highest BCUT2D eigenvalue weighted by atomic mass is 15.3. The number of H-pyrrole nitrogens is 5. The smallest absolute Gasteiger partial charge is 0.229 e. The van der Waals surface area contributed by atoms with Crippen LogP contribution in [0.3, 0.4) is 0 Å². The van der Waals surface area contributed by atoms with Crippen molar-refractivity contribution in [3.05, 3.63) is 28.1 Å². The third kappa shape index (κ3) is 25.9. The van der Waals surface area contributed by atoms with Crippen molar-refractivity contribution in [2.24, 2.45) is 59.4 Å². The molecule has 0 fully saturated rings. The zero-order valence-corrected chi connectivity index (χ0v) is 49.0. The van der Waals surface area contributed by atoms with Crippen LogP contribution in [0.2, 0.25) is 0 Å². The number of rotatable bonds is 43. The van der Waals surface area contributed by atoms with Gasteiger partial charge in [-0.2, -0.15) is 64.8 Å². The van der Waals surface area contributed by atoms with Crippen LogP contribution in [0.4, 0.5) is 77.3 Å². The Balaban J connectivity index is 0.974. The van der Waals surface area contributed by atoms with Gasteiger partial charge < -0.3 is 104 Å². The summed E-state index contributed by atoms with van der Waals surface area (Å²) in [4.78, 5) is 96.1. The zero-order chi connectivity index (χ0) is 61.5. The fourth-order valence-electron chi connectivity index (χ4n) is 7.02. The van der Waals surface area contributed by atoms with Crippen LogP contribution < -0.4 is 132 Å². The van der Waals surface area contributed by atoms with Crippen LogP contribution in [0.1, 0.15) is 26.2 Å². The van der Waals surface area contributed by atoms with E-state index in [1.54, 1.807) is 0 Å². The largest absolute Gasteiger partial charge is 0.368 e. The SMILES string of the molecule is CCCN=c1[nH]c(=NCCN)[nH]c(=NCCN=c2[nH]c(NCCNc3nc(NCCN)nc(NCCCNc4nc(NCCN)nc(NCCCNc5nc(NCCN)nc(NCCNc6nc(N)nc(NCCN)n6)n5)n4)n3)nc(=NCCN)[nH]2)[nH]1. The van der Waals surface area contributed by atoms with Crippen molar-refractivity contribution in [3.63, 3.8) is 0 Å². The topological polar surface area (TPSA) is 635 Å². The van der Waals surface area contributed by atoms with Crippen molar-refractivity contribution >= 4 is 77.3 Å². The van der Waals surface area contributed by atoms with Gasteiger partial charge in [-0.15, -0.1) is 0 Å². The van der Waals surface area contributed by atoms with E-state index < -0.39 is 0 Å². The van der Waals surface area contributed by atoms with Gasteiger partial charge in [0.15, 0.2) is 0 Å². The normalized spacial score (nSPS) is 12.3. The first-order valence-corrected chi connectivity index (χ1v) is 28.7. The second-order valence-corrected chi connectivity index (χ2v) is 18.0. The van der Waals surface area contributed by atoms with Crippen LogP contribution in [0, 0.1) is 0 Å². The van der Waals surface area contributed by atoms with E-state index in [9.17, 15) is 0 Å². The maximum Gasteiger partial charge on any atom is 0.229 e. The number of nitrogen functional groups attached to an aromatic ring is 1. The molecule has 0 aromatic carbocycles. The number of aromatic nitrogens is 18. The lowest BCUT2D eigenvalue weighted by molar-refractivity contribution is 0.737. The minimum absolute atomic E-state index is 0.0744. The summed E-state index contributed by atoms with van der Waals surface area (Å²) in [5.74, 6) is 4.38. The van der Waals surface area contributed by atoms with Crippen LogP contribution in [-0.4, -0.2) is 240 Å². The van der Waals surface area contributed by atoms with Gasteiger partial charge in [0.25, 0.3) is 0 Å². The van der Waals surface area contributed by atoms with Gasteiger partial charge in [0, 0.05) is 124 Å². The van der Waals surface area contributed by atoms with Crippen LogP contribution in [-0.2, 0) is 0 Å². The molecule has 0 saturated heterocycles. The predicted octanol–water partition coefficient (Wildman–Crippen LogP) is -7.07. The van der Waals surface area contributed by atoms with E-state index in [2.05, 4.69) is 178 Å². The Labute approximate surface area is 499 Å². The van der Waals surface area contributed by atoms with Crippen LogP contribution >= 0.6 is 0 Å². The second-order valence-electron chi connectivity index (χ2n) is 18.0. The van der Waals surface area contributed by atoms with Gasteiger partial charge >= 0.3 is 0 Å². The number of nitrogens with one attached hydrogen (secondary N) is 17. The molecule has 0 unspecified atom stereocenters. The molecule has 0 saturated carbocycles. The first-order valence-electron chi connectivity index (χ1n) is 28.7. The molecular weight excluding hydrogens is 1130 g/mol. The number of hydrogen-bond donors (Lipinski definition) is 24. The lowest BCUT2D eigenvalue weighted by atomic mass is 10.4. The molecule has 6 aromatic heterocycles. The van der Waals surface area contributed by atoms with Crippen LogP contribution in [0.25, 0.3) is 0 Å². The fraction of sp³-hybridized carbons (Fsp3) is 0.600. The second kappa shape index (κ2) is 39.0. The minimum atomic E-state index is 0.0744. The highest BCUT2D eigenvalue weighted by Gasteiger charge is 2.11. The average Bonchev–Trinajstić information content (AvgIpc) is 3.68. The number of hydrogen-bond acceptors (Lipinski definition) is 37. The minimum Gasteiger partial charge on any atom is -0.368 e. The molecule has 476 valence electrons. The van der Waals surface area contributed by atoms with Crippen LogP contribution in [0.5, 0.6) is 0 Å². The number of nitrogens with zero attached hydrogens (tertiary/aromatic N) is 18. The molecule has 6 rings (SSSR count). The molecule has 0 aliphatic heterocycles. The van der Waals surface area contributed by atoms with E-state index in [1.165, 1.54) is 0 Å². The Morgan fingerprint density at radius 2 is 0.575 bits per heavy atom. The summed E-state index contributed by atoms with van der Waals surface area (Å²) in [6.45, 7) is 12.1. The van der Waals surface area contributed by atoms with E-state index in [0.29, 0.717) is 263 Å². The molecule has 0 aliphatic carbocycles. The summed E-state index contributed by atoms with van der Waals surface area (Å²) in [6.07, 6.45) is 2.18. The Kier molecular flexibility index (Phi) is 29.7. The highest BCUT2D eigenvalue weighted by molar-refractivity contribution is 5.45. The summed E-state index contributed by atoms with van der Waals surface area (Å²) in [7, 11) is 0. The maximum atomic E-state index is 5.84. The van der Waals surface area contributed by atoms with Gasteiger partial charge in [-0.1, -0.05) is 6.92 Å². The lowest BCUT2D eigenvalue weighted by Crippen LogP contribution is -2.38. The zero-order valence-electron chi connectivity index (χ0n) is 49.0. The summed E-state index contributed by atoms with van der Waals surface area (Å²) in [6, 6.07) is 0. The summed E-state index contributed by atoms with van der Waals surface area (Å²) in [5, 5.41) is 38.3. The van der Waals surface area contributed by atoms with Crippen LogP contribution in [0.15, 0.2) is 25.0 Å². The quantitative estimate of drug-likeness (QED) is 0.0158. The van der Waals surface area contributed by atoms with Crippen molar-refractivity contribution in [2.45, 2.75) is 26.2 Å². The molecule has 0 atom stereocenters. The monoisotopic (exact) mass is 1210 g/mol. The molecule has 0 aliphatic rings. The van der Waals surface area contributed by atoms with Gasteiger partial charge in [0.2, 0.25) is 105 Å². The van der Waals surface area contributed by atoms with Gasteiger partial charge in [-0.25, -0.2) is 4.99 Å². The molecule has 0 bridgehead atoms. The van der Waals surface area contributed by atoms with Crippen molar-refractivity contribution in [3.8, 4) is 0 Å². The molecule has 87 heavy (non-hydrogen) atoms. The van der Waals surface area contributed by atoms with Crippen molar-refractivity contribution in [1.82, 2.24) is 89.7 Å². The molecule has 0 spiro atoms. The van der Waals surface area contributed by atoms with E-state index in [-0.39, 0.29) is 5.95 Å². The van der Waals surface area contributed by atoms with E-state index in [4.69, 9.17) is 40.1 Å². The Bertz CT molecular complexity index is 3250. The average molecular weight is 1220 g/mol. The number of anilines is 13. The number of nitrogens with two attached hydrogens (primary N) is 7. The molecule has 6 heterocycles. The number of aromatic amines is 5. The molecule has 42 nitrogen and oxygen atoms in total. The third-order valence-corrected chi connectivity index (χ3v) is 10.8. The summed E-state index contributed by atoms with van der Waals surface area (Å²) < 4.78 is 0. The standard InChI is InChI=1S/C45H86N42/c1-2-11-53-31-73-36(59-17-6-47)82-41(74-31)66-24-26-68-44-85-40(63-21-10-51)86-45(87-44)69-27-25-67-43-81-35(79-39(84-43)62-20-9-50)57-15-4-13-55-33-75-32(76-37(77-33)60-18-7-48)54-12-3-14-56-34-78-38(61-19-8-49)83-42(80-34)65-23-22-64-30-71-28(52)70-29(72-30)58-16-5-46/h2-27,46-51H2,1H3,(H4,52,58,64,70,71,72)(H3,53,59,66,73,74,82)(H3,54,55,60,75,76,77)(H3,56,61,65,78,80,83)(H3,57,62,67,79,81,84)(H3,63,68,69,85,86,87). The van der Waals surface area contributed by atoms with E-state index in [0.717, 1.165) is 6.42 Å². The maximum absolute atomic E-state index is 5.84. The summed E-state index contributed by atoms with van der Waals surface area (Å²) >= 11 is 0. The molecule has 31 N–H and O–H groups in total. The first-order chi connectivity index (χ1) is 42.7. The molecule has 42 heteroatoms. The molecule has 0 radical (unpaired) electrons. The van der Waals surface area contributed by atoms with E-state index in [1.807, 2.05) is 6.92 Å². The molecular formula is C45H86N42. The van der Waals surface area contributed by atoms with E-state index >= 15 is 0 Å². The highest BCUT2D eigenvalue weighted by Crippen LogP contribution is 2.13. The van der Waals surface area contributed by atoms with Gasteiger partial charge in [-0.05, 0) is 19.3 Å². The first kappa shape index (κ1) is 66.4. The van der Waals surface area contributed by atoms with Crippen molar-refractivity contribution in [2.75, 3.05) is 220 Å². The summed E-state index contributed by atoms with van der Waals surface area (Å²) in [5.41, 5.74) is 42.4. The van der Waals surface area contributed by atoms with Crippen molar-refractivity contribution < 1.29 is 0 Å². The predicted molar refractivity (Wildman–Crippen MR) is 334 cm³/mol. The fourth-order valence-corrected chi connectivity index (χ4v) is 7.02.